The molecule has 2 heterocycles. The molecule has 0 spiro atoms. The average molecular weight is 455 g/mol. The van der Waals surface area contributed by atoms with E-state index in [0.717, 1.165) is 10.5 Å². The van der Waals surface area contributed by atoms with E-state index in [0.29, 0.717) is 0 Å². The summed E-state index contributed by atoms with van der Waals surface area (Å²) in [6, 6.07) is 10.7. The maximum atomic E-state index is 13.7. The summed E-state index contributed by atoms with van der Waals surface area (Å²) in [6.07, 6.45) is 0.192. The van der Waals surface area contributed by atoms with Crippen molar-refractivity contribution in [3.05, 3.63) is 59.8 Å². The predicted octanol–water partition coefficient (Wildman–Crippen LogP) is 2.35. The number of carbonyl (C=O) groups is 4. The first-order valence-electron chi connectivity index (χ1n) is 10.4. The number of anilines is 1. The van der Waals surface area contributed by atoms with Crippen molar-refractivity contribution in [1.82, 2.24) is 9.47 Å². The Morgan fingerprint density at radius 2 is 1.70 bits per heavy atom. The normalized spacial score (nSPS) is 15.5. The fourth-order valence-electron chi connectivity index (χ4n) is 3.65. The molecule has 10 nitrogen and oxygen atoms in total. The van der Waals surface area contributed by atoms with Crippen molar-refractivity contribution in [2.45, 2.75) is 26.4 Å². The largest absolute Gasteiger partial charge is 0.465 e. The molecule has 174 valence electrons. The van der Waals surface area contributed by atoms with Crippen LogP contribution in [-0.4, -0.2) is 64.8 Å². The third-order valence-electron chi connectivity index (χ3n) is 5.10. The Hall–Kier alpha value is -4.08. The third kappa shape index (κ3) is 4.59. The summed E-state index contributed by atoms with van der Waals surface area (Å²) < 4.78 is 11.7. The maximum Gasteiger partial charge on any atom is 0.412 e. The minimum atomic E-state index is -1.35. The van der Waals surface area contributed by atoms with Gasteiger partial charge in [-0.1, -0.05) is 30.3 Å². The zero-order valence-corrected chi connectivity index (χ0v) is 18.6. The first kappa shape index (κ1) is 23.6. The Morgan fingerprint density at radius 3 is 2.30 bits per heavy atom. The zero-order chi connectivity index (χ0) is 24.1. The molecule has 1 atom stereocenters. The Kier molecular flexibility index (Phi) is 7.17. The summed E-state index contributed by atoms with van der Waals surface area (Å²) in [5.74, 6) is -2.14. The molecular weight excluding hydrogens is 430 g/mol. The molecule has 3 rings (SSSR count). The van der Waals surface area contributed by atoms with Gasteiger partial charge >= 0.3 is 18.0 Å². The predicted molar refractivity (Wildman–Crippen MR) is 118 cm³/mol. The number of hydrogen-bond donors (Lipinski definition) is 1. The van der Waals surface area contributed by atoms with Crippen LogP contribution in [0.4, 0.5) is 10.6 Å². The van der Waals surface area contributed by atoms with E-state index in [1.54, 1.807) is 38.1 Å². The van der Waals surface area contributed by atoms with E-state index < -0.39 is 30.0 Å². The summed E-state index contributed by atoms with van der Waals surface area (Å²) in [4.78, 5) is 53.4. The van der Waals surface area contributed by atoms with E-state index >= 15 is 0 Å². The smallest absolute Gasteiger partial charge is 0.412 e. The van der Waals surface area contributed by atoms with E-state index in [1.165, 1.54) is 34.8 Å². The molecular formula is C23H25N3O7. The van der Waals surface area contributed by atoms with Crippen molar-refractivity contribution in [2.24, 2.45) is 0 Å². The Bertz CT molecular complexity index is 1090. The first-order valence-corrected chi connectivity index (χ1v) is 10.4. The summed E-state index contributed by atoms with van der Waals surface area (Å²) >= 11 is 0. The number of hydrogen-bond acceptors (Lipinski definition) is 6. The molecule has 0 radical (unpaired) electrons. The summed E-state index contributed by atoms with van der Waals surface area (Å²) in [5, 5.41) is 9.44. The van der Waals surface area contributed by atoms with Gasteiger partial charge in [0.15, 0.2) is 6.04 Å². The molecule has 0 bridgehead atoms. The van der Waals surface area contributed by atoms with Gasteiger partial charge < -0.3 is 19.5 Å². The zero-order valence-electron chi connectivity index (χ0n) is 18.6. The van der Waals surface area contributed by atoms with Crippen LogP contribution < -0.4 is 4.90 Å². The fraction of sp³-hybridized carbons (Fsp3) is 0.304. The van der Waals surface area contributed by atoms with Crippen LogP contribution in [0.25, 0.3) is 5.70 Å². The van der Waals surface area contributed by atoms with Crippen LogP contribution in [0.5, 0.6) is 0 Å². The first-order chi connectivity index (χ1) is 15.8. The molecule has 2 aromatic rings. The number of esters is 2. The highest BCUT2D eigenvalue weighted by molar-refractivity contribution is 6.27. The van der Waals surface area contributed by atoms with Gasteiger partial charge in [0, 0.05) is 19.8 Å². The van der Waals surface area contributed by atoms with Gasteiger partial charge in [0.2, 0.25) is 0 Å². The summed E-state index contributed by atoms with van der Waals surface area (Å²) in [5.41, 5.74) is 0.378. The second kappa shape index (κ2) is 10.0. The molecule has 1 unspecified atom stereocenters. The minimum absolute atomic E-state index is 0.0194. The van der Waals surface area contributed by atoms with Crippen LogP contribution in [0, 0.1) is 0 Å². The molecule has 1 aromatic heterocycles. The van der Waals surface area contributed by atoms with Gasteiger partial charge in [-0.25, -0.2) is 14.4 Å². The molecule has 33 heavy (non-hydrogen) atoms. The molecule has 10 heteroatoms. The SMILES string of the molecule is CCOC(=O)C1=C(n2cccc2N(C)C(=O)O)C(=O)N(Cc2ccccc2)C1C(=O)OCC. The highest BCUT2D eigenvalue weighted by Crippen LogP contribution is 2.35. The van der Waals surface area contributed by atoms with Crippen LogP contribution in [-0.2, 0) is 30.4 Å². The second-order valence-electron chi connectivity index (χ2n) is 7.13. The van der Waals surface area contributed by atoms with Crippen LogP contribution in [0.15, 0.2) is 54.2 Å². The Labute approximate surface area is 190 Å². The lowest BCUT2D eigenvalue weighted by molar-refractivity contribution is -0.153. The second-order valence-corrected chi connectivity index (χ2v) is 7.13. The minimum Gasteiger partial charge on any atom is -0.465 e. The molecule has 0 fully saturated rings. The van der Waals surface area contributed by atoms with Gasteiger partial charge in [-0.3, -0.25) is 14.3 Å². The molecule has 1 aliphatic heterocycles. The third-order valence-corrected chi connectivity index (χ3v) is 5.10. The number of carbonyl (C=O) groups excluding carboxylic acids is 3. The number of ether oxygens (including phenoxy) is 2. The van der Waals surface area contributed by atoms with Crippen molar-refractivity contribution in [3.8, 4) is 0 Å². The van der Waals surface area contributed by atoms with Gasteiger partial charge in [-0.05, 0) is 31.5 Å². The fourth-order valence-corrected chi connectivity index (χ4v) is 3.65. The van der Waals surface area contributed by atoms with Crippen molar-refractivity contribution in [3.63, 3.8) is 0 Å². The molecule has 0 saturated heterocycles. The molecule has 1 N–H and O–H groups in total. The molecule has 2 amide bonds. The maximum absolute atomic E-state index is 13.7. The van der Waals surface area contributed by atoms with Gasteiger partial charge in [-0.2, -0.15) is 0 Å². The number of nitrogens with zero attached hydrogens (tertiary/aromatic N) is 3. The van der Waals surface area contributed by atoms with Crippen molar-refractivity contribution >= 4 is 35.5 Å². The van der Waals surface area contributed by atoms with Gasteiger partial charge in [0.1, 0.15) is 17.1 Å². The van der Waals surface area contributed by atoms with Crippen molar-refractivity contribution in [1.29, 1.82) is 0 Å². The highest BCUT2D eigenvalue weighted by Gasteiger charge is 2.49. The van der Waals surface area contributed by atoms with Crippen LogP contribution in [0.3, 0.4) is 0 Å². The summed E-state index contributed by atoms with van der Waals surface area (Å²) in [7, 11) is 1.31. The van der Waals surface area contributed by atoms with Gasteiger partial charge in [0.05, 0.1) is 13.2 Å². The summed E-state index contributed by atoms with van der Waals surface area (Å²) in [6.45, 7) is 3.32. The van der Waals surface area contributed by atoms with E-state index in [9.17, 15) is 24.3 Å². The van der Waals surface area contributed by atoms with Crippen molar-refractivity contribution in [2.75, 3.05) is 25.2 Å². The van der Waals surface area contributed by atoms with Crippen LogP contribution >= 0.6 is 0 Å². The Balaban J connectivity index is 2.20. The number of amides is 2. The van der Waals surface area contributed by atoms with E-state index in [2.05, 4.69) is 0 Å². The van der Waals surface area contributed by atoms with Gasteiger partial charge in [0.25, 0.3) is 5.91 Å². The van der Waals surface area contributed by atoms with Crippen LogP contribution in [0.2, 0.25) is 0 Å². The lowest BCUT2D eigenvalue weighted by atomic mass is 10.1. The molecule has 0 aliphatic carbocycles. The number of carboxylic acid groups (broad SMARTS) is 1. The van der Waals surface area contributed by atoms with Crippen molar-refractivity contribution < 1.29 is 33.8 Å². The van der Waals surface area contributed by atoms with E-state index in [4.69, 9.17) is 9.47 Å². The van der Waals surface area contributed by atoms with Gasteiger partial charge in [-0.15, -0.1) is 0 Å². The molecule has 1 aliphatic rings. The molecule has 0 saturated carbocycles. The quantitative estimate of drug-likeness (QED) is 0.607. The Morgan fingerprint density at radius 1 is 1.03 bits per heavy atom. The lowest BCUT2D eigenvalue weighted by Crippen LogP contribution is -2.43. The monoisotopic (exact) mass is 455 g/mol. The molecule has 1 aromatic carbocycles. The number of rotatable bonds is 8. The van der Waals surface area contributed by atoms with Crippen LogP contribution in [0.1, 0.15) is 19.4 Å². The van der Waals surface area contributed by atoms with E-state index in [1.807, 2.05) is 6.07 Å². The average Bonchev–Trinajstić information content (AvgIpc) is 3.37. The lowest BCUT2D eigenvalue weighted by Gasteiger charge is -2.25. The standard InChI is InChI=1S/C23H25N3O7/c1-4-32-21(28)17-18(25-13-9-12-16(25)24(3)23(30)31)20(27)26(19(17)22(29)33-5-2)14-15-10-7-6-8-11-15/h6-13,19H,4-5,14H2,1-3H3,(H,30,31). The number of aromatic nitrogens is 1. The highest BCUT2D eigenvalue weighted by atomic mass is 16.5. The van der Waals surface area contributed by atoms with E-state index in [-0.39, 0.29) is 36.8 Å². The number of benzene rings is 1. The topological polar surface area (TPSA) is 118 Å².